The van der Waals surface area contributed by atoms with Crippen LogP contribution >= 0.6 is 0 Å². The molecule has 2 unspecified atom stereocenters. The van der Waals surface area contributed by atoms with Crippen LogP contribution in [0.3, 0.4) is 0 Å². The standard InChI is InChI=1S/C18H26N4O2/c1-4-14(2)18(3,24)12-19-17(23)11-10-16-21-20-13-22(16)15-8-6-5-7-9-15/h5-9,13-14,24H,4,10-12H2,1-3H3,(H,19,23). The number of para-hydroxylation sites is 1. The van der Waals surface area contributed by atoms with Crippen LogP contribution in [0.2, 0.25) is 0 Å². The quantitative estimate of drug-likeness (QED) is 0.777. The summed E-state index contributed by atoms with van der Waals surface area (Å²) in [5, 5.41) is 21.2. The molecule has 2 rings (SSSR count). The average molecular weight is 330 g/mol. The lowest BCUT2D eigenvalue weighted by Gasteiger charge is -2.29. The Hall–Kier alpha value is -2.21. The highest BCUT2D eigenvalue weighted by Gasteiger charge is 2.27. The number of carbonyl (C=O) groups excluding carboxylic acids is 1. The first kappa shape index (κ1) is 18.1. The number of amides is 1. The molecule has 6 heteroatoms. The first-order valence-electron chi connectivity index (χ1n) is 8.37. The Balaban J connectivity index is 1.88. The molecule has 0 radical (unpaired) electrons. The molecule has 0 saturated heterocycles. The molecule has 2 aromatic rings. The van der Waals surface area contributed by atoms with Gasteiger partial charge in [0.25, 0.3) is 0 Å². The zero-order valence-corrected chi connectivity index (χ0v) is 14.6. The van der Waals surface area contributed by atoms with Crippen molar-refractivity contribution in [1.82, 2.24) is 20.1 Å². The first-order chi connectivity index (χ1) is 11.4. The van der Waals surface area contributed by atoms with Gasteiger partial charge in [0, 0.05) is 25.1 Å². The van der Waals surface area contributed by atoms with Crippen molar-refractivity contribution in [2.75, 3.05) is 6.54 Å². The van der Waals surface area contributed by atoms with Crippen LogP contribution in [0.15, 0.2) is 36.7 Å². The van der Waals surface area contributed by atoms with E-state index in [4.69, 9.17) is 0 Å². The predicted octanol–water partition coefficient (Wildman–Crippen LogP) is 2.11. The smallest absolute Gasteiger partial charge is 0.220 e. The summed E-state index contributed by atoms with van der Waals surface area (Å²) in [5.74, 6) is 0.769. The van der Waals surface area contributed by atoms with Gasteiger partial charge in [-0.2, -0.15) is 0 Å². The van der Waals surface area contributed by atoms with Crippen LogP contribution < -0.4 is 5.32 Å². The van der Waals surface area contributed by atoms with Gasteiger partial charge in [-0.1, -0.05) is 38.5 Å². The van der Waals surface area contributed by atoms with Crippen LogP contribution in [0.25, 0.3) is 5.69 Å². The molecule has 24 heavy (non-hydrogen) atoms. The van der Waals surface area contributed by atoms with Gasteiger partial charge in [-0.3, -0.25) is 9.36 Å². The lowest BCUT2D eigenvalue weighted by Crippen LogP contribution is -2.45. The van der Waals surface area contributed by atoms with Gasteiger partial charge < -0.3 is 10.4 Å². The van der Waals surface area contributed by atoms with Crippen LogP contribution in [-0.4, -0.2) is 37.9 Å². The number of aryl methyl sites for hydroxylation is 1. The maximum atomic E-state index is 12.1. The zero-order chi connectivity index (χ0) is 17.6. The number of rotatable bonds is 8. The van der Waals surface area contributed by atoms with Crippen LogP contribution in [0.4, 0.5) is 0 Å². The number of benzene rings is 1. The van der Waals surface area contributed by atoms with E-state index >= 15 is 0 Å². The highest BCUT2D eigenvalue weighted by molar-refractivity contribution is 5.76. The molecule has 2 atom stereocenters. The number of nitrogens with zero attached hydrogens (tertiary/aromatic N) is 3. The summed E-state index contributed by atoms with van der Waals surface area (Å²) in [7, 11) is 0. The molecule has 0 fully saturated rings. The highest BCUT2D eigenvalue weighted by atomic mass is 16.3. The minimum atomic E-state index is -0.894. The molecule has 6 nitrogen and oxygen atoms in total. The Bertz CT molecular complexity index is 652. The molecule has 130 valence electrons. The van der Waals surface area contributed by atoms with E-state index in [1.807, 2.05) is 48.7 Å². The van der Waals surface area contributed by atoms with Crippen molar-refractivity contribution in [1.29, 1.82) is 0 Å². The SMILES string of the molecule is CCC(C)C(C)(O)CNC(=O)CCc1nncn1-c1ccccc1. The van der Waals surface area contributed by atoms with Crippen molar-refractivity contribution in [3.63, 3.8) is 0 Å². The summed E-state index contributed by atoms with van der Waals surface area (Å²) >= 11 is 0. The number of hydrogen-bond acceptors (Lipinski definition) is 4. The highest BCUT2D eigenvalue weighted by Crippen LogP contribution is 2.18. The molecular weight excluding hydrogens is 304 g/mol. The average Bonchev–Trinajstić information content (AvgIpc) is 3.06. The molecule has 0 saturated carbocycles. The van der Waals surface area contributed by atoms with Gasteiger partial charge in [-0.15, -0.1) is 10.2 Å². The van der Waals surface area contributed by atoms with Gasteiger partial charge in [-0.25, -0.2) is 0 Å². The molecule has 1 aromatic heterocycles. The van der Waals surface area contributed by atoms with E-state index in [0.717, 1.165) is 17.9 Å². The third kappa shape index (κ3) is 4.64. The fourth-order valence-electron chi connectivity index (χ4n) is 2.44. The lowest BCUT2D eigenvalue weighted by atomic mass is 9.88. The van der Waals surface area contributed by atoms with E-state index in [-0.39, 0.29) is 18.4 Å². The Morgan fingerprint density at radius 3 is 2.75 bits per heavy atom. The van der Waals surface area contributed by atoms with Gasteiger partial charge in [0.1, 0.15) is 12.2 Å². The zero-order valence-electron chi connectivity index (χ0n) is 14.6. The fourth-order valence-corrected chi connectivity index (χ4v) is 2.44. The second kappa shape index (κ2) is 8.06. The molecule has 0 aliphatic heterocycles. The van der Waals surface area contributed by atoms with E-state index in [1.165, 1.54) is 0 Å². The summed E-state index contributed by atoms with van der Waals surface area (Å²) in [6.45, 7) is 6.02. The molecule has 1 heterocycles. The van der Waals surface area contributed by atoms with Crippen LogP contribution in [0.1, 0.15) is 39.4 Å². The second-order valence-corrected chi connectivity index (χ2v) is 6.40. The van der Waals surface area contributed by atoms with Crippen molar-refractivity contribution in [2.45, 2.75) is 45.6 Å². The fraction of sp³-hybridized carbons (Fsp3) is 0.500. The minimum Gasteiger partial charge on any atom is -0.388 e. The van der Waals surface area contributed by atoms with Crippen molar-refractivity contribution in [3.8, 4) is 5.69 Å². The topological polar surface area (TPSA) is 80.0 Å². The van der Waals surface area contributed by atoms with Crippen molar-refractivity contribution >= 4 is 5.91 Å². The number of hydrogen-bond donors (Lipinski definition) is 2. The molecule has 0 aliphatic rings. The largest absolute Gasteiger partial charge is 0.388 e. The number of aliphatic hydroxyl groups is 1. The summed E-state index contributed by atoms with van der Waals surface area (Å²) in [6.07, 6.45) is 3.31. The molecule has 2 N–H and O–H groups in total. The Morgan fingerprint density at radius 2 is 2.08 bits per heavy atom. The summed E-state index contributed by atoms with van der Waals surface area (Å²) in [4.78, 5) is 12.1. The third-order valence-corrected chi connectivity index (χ3v) is 4.55. The molecule has 1 amide bonds. The Kier molecular flexibility index (Phi) is 6.09. The normalized spacial score (nSPS) is 14.8. The molecule has 0 bridgehead atoms. The van der Waals surface area contributed by atoms with Crippen LogP contribution in [0, 0.1) is 5.92 Å². The first-order valence-corrected chi connectivity index (χ1v) is 8.37. The lowest BCUT2D eigenvalue weighted by molar-refractivity contribution is -0.122. The summed E-state index contributed by atoms with van der Waals surface area (Å²) in [5.41, 5.74) is 0.0756. The maximum Gasteiger partial charge on any atom is 0.220 e. The van der Waals surface area contributed by atoms with Crippen molar-refractivity contribution in [2.24, 2.45) is 5.92 Å². The van der Waals surface area contributed by atoms with Crippen molar-refractivity contribution in [3.05, 3.63) is 42.5 Å². The molecule has 0 aliphatic carbocycles. The van der Waals surface area contributed by atoms with Gasteiger partial charge in [-0.05, 0) is 25.0 Å². The maximum absolute atomic E-state index is 12.1. The van der Waals surface area contributed by atoms with Crippen molar-refractivity contribution < 1.29 is 9.90 Å². The van der Waals surface area contributed by atoms with E-state index in [1.54, 1.807) is 13.3 Å². The molecule has 0 spiro atoms. The van der Waals surface area contributed by atoms with Crippen LogP contribution in [0.5, 0.6) is 0 Å². The van der Waals surface area contributed by atoms with E-state index in [0.29, 0.717) is 12.8 Å². The van der Waals surface area contributed by atoms with E-state index < -0.39 is 5.60 Å². The Labute approximate surface area is 142 Å². The van der Waals surface area contributed by atoms with Gasteiger partial charge in [0.15, 0.2) is 0 Å². The van der Waals surface area contributed by atoms with E-state index in [9.17, 15) is 9.90 Å². The van der Waals surface area contributed by atoms with Gasteiger partial charge >= 0.3 is 0 Å². The summed E-state index contributed by atoms with van der Waals surface area (Å²) < 4.78 is 1.88. The second-order valence-electron chi connectivity index (χ2n) is 6.40. The van der Waals surface area contributed by atoms with Gasteiger partial charge in [0.2, 0.25) is 5.91 Å². The monoisotopic (exact) mass is 330 g/mol. The molecular formula is C18H26N4O2. The van der Waals surface area contributed by atoms with Gasteiger partial charge in [0.05, 0.1) is 5.60 Å². The van der Waals surface area contributed by atoms with E-state index in [2.05, 4.69) is 15.5 Å². The number of carbonyl (C=O) groups is 1. The predicted molar refractivity (Wildman–Crippen MR) is 92.8 cm³/mol. The summed E-state index contributed by atoms with van der Waals surface area (Å²) in [6, 6.07) is 9.78. The third-order valence-electron chi connectivity index (χ3n) is 4.55. The molecule has 1 aromatic carbocycles. The Morgan fingerprint density at radius 1 is 1.38 bits per heavy atom. The number of aromatic nitrogens is 3. The van der Waals surface area contributed by atoms with Crippen LogP contribution in [-0.2, 0) is 11.2 Å². The minimum absolute atomic E-state index is 0.0961. The number of nitrogens with one attached hydrogen (secondary N) is 1.